The minimum absolute atomic E-state index is 0.143. The van der Waals surface area contributed by atoms with Gasteiger partial charge in [0, 0.05) is 11.3 Å². The molecule has 0 heterocycles. The second kappa shape index (κ2) is 8.61. The van der Waals surface area contributed by atoms with Crippen molar-refractivity contribution in [3.8, 4) is 5.75 Å². The van der Waals surface area contributed by atoms with Crippen molar-refractivity contribution in [3.63, 3.8) is 0 Å². The first-order chi connectivity index (χ1) is 12.8. The standard InChI is InChI=1S/C19H19N3O5/c1-11-5-4-6-15(12(11)2)21-17(23)18(24)22-20-10-13-7-8-16(27-3)14(9-13)19(25)26/h4-10H,1-3H3,(H,21,23)(H,22,24)(H,25,26)/p-1/b20-10-. The summed E-state index contributed by atoms with van der Waals surface area (Å²) in [6, 6.07) is 9.60. The third kappa shape index (κ3) is 4.91. The van der Waals surface area contributed by atoms with Gasteiger partial charge in [0.2, 0.25) is 0 Å². The summed E-state index contributed by atoms with van der Waals surface area (Å²) in [4.78, 5) is 34.9. The van der Waals surface area contributed by atoms with E-state index >= 15 is 0 Å². The number of anilines is 1. The highest BCUT2D eigenvalue weighted by Crippen LogP contribution is 2.19. The zero-order chi connectivity index (χ0) is 20.0. The number of benzene rings is 2. The molecule has 0 atom stereocenters. The van der Waals surface area contributed by atoms with Crippen LogP contribution in [0.2, 0.25) is 0 Å². The molecule has 0 aromatic heterocycles. The number of carboxylic acids is 1. The van der Waals surface area contributed by atoms with Gasteiger partial charge in [0.05, 0.1) is 19.3 Å². The Morgan fingerprint density at radius 2 is 1.85 bits per heavy atom. The lowest BCUT2D eigenvalue weighted by atomic mass is 10.1. The number of hydrazone groups is 1. The monoisotopic (exact) mass is 368 g/mol. The molecule has 2 N–H and O–H groups in total. The molecule has 0 aliphatic heterocycles. The second-order valence-electron chi connectivity index (χ2n) is 5.65. The van der Waals surface area contributed by atoms with Crippen molar-refractivity contribution >= 4 is 29.7 Å². The number of carbonyl (C=O) groups is 3. The van der Waals surface area contributed by atoms with E-state index in [2.05, 4.69) is 15.8 Å². The number of carbonyl (C=O) groups excluding carboxylic acids is 3. The number of ether oxygens (including phenoxy) is 1. The number of carboxylic acid groups (broad SMARTS) is 1. The lowest BCUT2D eigenvalue weighted by molar-refractivity contribution is -0.255. The first-order valence-electron chi connectivity index (χ1n) is 7.93. The largest absolute Gasteiger partial charge is 0.545 e. The Labute approximate surface area is 155 Å². The van der Waals surface area contributed by atoms with Gasteiger partial charge in [-0.15, -0.1) is 0 Å². The number of nitrogens with zero attached hydrogens (tertiary/aromatic N) is 1. The molecule has 2 amide bonds. The van der Waals surface area contributed by atoms with Crippen LogP contribution in [0.4, 0.5) is 5.69 Å². The van der Waals surface area contributed by atoms with E-state index in [4.69, 9.17) is 4.74 Å². The van der Waals surface area contributed by atoms with Crippen LogP contribution < -0.4 is 20.6 Å². The van der Waals surface area contributed by atoms with E-state index in [1.165, 1.54) is 31.5 Å². The number of amides is 2. The summed E-state index contributed by atoms with van der Waals surface area (Å²) in [6.45, 7) is 3.73. The molecule has 0 spiro atoms. The molecule has 2 rings (SSSR count). The second-order valence-corrected chi connectivity index (χ2v) is 5.65. The number of rotatable bonds is 5. The quantitative estimate of drug-likeness (QED) is 0.459. The molecular weight excluding hydrogens is 350 g/mol. The highest BCUT2D eigenvalue weighted by molar-refractivity contribution is 6.39. The van der Waals surface area contributed by atoms with Crippen molar-refractivity contribution in [2.75, 3.05) is 12.4 Å². The summed E-state index contributed by atoms with van der Waals surface area (Å²) in [5, 5.41) is 17.2. The van der Waals surface area contributed by atoms with E-state index in [9.17, 15) is 19.5 Å². The van der Waals surface area contributed by atoms with Crippen molar-refractivity contribution < 1.29 is 24.2 Å². The molecule has 0 aliphatic rings. The minimum atomic E-state index is -1.40. The van der Waals surface area contributed by atoms with Gasteiger partial charge in [-0.05, 0) is 54.8 Å². The SMILES string of the molecule is COc1ccc(/C=N\NC(=O)C(=O)Nc2cccc(C)c2C)cc1C(=O)[O-]. The van der Waals surface area contributed by atoms with E-state index in [0.29, 0.717) is 11.3 Å². The maximum Gasteiger partial charge on any atom is 0.329 e. The van der Waals surface area contributed by atoms with Gasteiger partial charge < -0.3 is 20.0 Å². The van der Waals surface area contributed by atoms with Gasteiger partial charge in [-0.3, -0.25) is 9.59 Å². The van der Waals surface area contributed by atoms with Crippen LogP contribution in [0.3, 0.4) is 0 Å². The molecule has 27 heavy (non-hydrogen) atoms. The molecule has 0 bridgehead atoms. The highest BCUT2D eigenvalue weighted by Gasteiger charge is 2.14. The molecule has 0 fully saturated rings. The van der Waals surface area contributed by atoms with Crippen LogP contribution in [0.25, 0.3) is 0 Å². The summed E-state index contributed by atoms with van der Waals surface area (Å²) < 4.78 is 4.92. The number of hydrogen-bond donors (Lipinski definition) is 2. The van der Waals surface area contributed by atoms with E-state index in [0.717, 1.165) is 11.1 Å². The van der Waals surface area contributed by atoms with Gasteiger partial charge in [0.15, 0.2) is 0 Å². The maximum absolute atomic E-state index is 11.9. The summed E-state index contributed by atoms with van der Waals surface area (Å²) in [5.74, 6) is -3.09. The van der Waals surface area contributed by atoms with Crippen molar-refractivity contribution in [2.24, 2.45) is 5.10 Å². The Morgan fingerprint density at radius 1 is 1.11 bits per heavy atom. The van der Waals surface area contributed by atoms with E-state index < -0.39 is 17.8 Å². The molecule has 0 unspecified atom stereocenters. The first-order valence-corrected chi connectivity index (χ1v) is 7.93. The molecule has 2 aromatic carbocycles. The average Bonchev–Trinajstić information content (AvgIpc) is 2.65. The predicted molar refractivity (Wildman–Crippen MR) is 97.6 cm³/mol. The van der Waals surface area contributed by atoms with Crippen molar-refractivity contribution in [2.45, 2.75) is 13.8 Å². The topological polar surface area (TPSA) is 120 Å². The molecule has 0 radical (unpaired) electrons. The fourth-order valence-corrected chi connectivity index (χ4v) is 2.25. The molecule has 0 saturated carbocycles. The smallest absolute Gasteiger partial charge is 0.329 e. The van der Waals surface area contributed by atoms with Crippen LogP contribution in [0, 0.1) is 13.8 Å². The van der Waals surface area contributed by atoms with Crippen molar-refractivity contribution in [1.82, 2.24) is 5.43 Å². The first kappa shape index (κ1) is 19.6. The Morgan fingerprint density at radius 3 is 2.52 bits per heavy atom. The van der Waals surface area contributed by atoms with Gasteiger partial charge in [-0.1, -0.05) is 12.1 Å². The van der Waals surface area contributed by atoms with Crippen LogP contribution in [-0.2, 0) is 9.59 Å². The van der Waals surface area contributed by atoms with Crippen LogP contribution in [-0.4, -0.2) is 31.1 Å². The number of nitrogens with one attached hydrogen (secondary N) is 2. The Hall–Kier alpha value is -3.68. The fourth-order valence-electron chi connectivity index (χ4n) is 2.25. The van der Waals surface area contributed by atoms with Gasteiger partial charge in [-0.25, -0.2) is 5.43 Å². The lowest BCUT2D eigenvalue weighted by Gasteiger charge is -2.10. The fraction of sp³-hybridized carbons (Fsp3) is 0.158. The van der Waals surface area contributed by atoms with Crippen molar-refractivity contribution in [3.05, 3.63) is 58.7 Å². The number of methoxy groups -OCH3 is 1. The Kier molecular flexibility index (Phi) is 6.27. The van der Waals surface area contributed by atoms with Crippen LogP contribution in [0.1, 0.15) is 27.0 Å². The zero-order valence-corrected chi connectivity index (χ0v) is 15.0. The average molecular weight is 368 g/mol. The Bertz CT molecular complexity index is 922. The molecule has 8 heteroatoms. The number of aryl methyl sites for hydroxylation is 1. The highest BCUT2D eigenvalue weighted by atomic mass is 16.5. The third-order valence-electron chi connectivity index (χ3n) is 3.88. The zero-order valence-electron chi connectivity index (χ0n) is 15.0. The predicted octanol–water partition coefficient (Wildman–Crippen LogP) is 0.764. The number of hydrogen-bond acceptors (Lipinski definition) is 6. The number of aromatic carboxylic acids is 1. The van der Waals surface area contributed by atoms with E-state index in [1.54, 1.807) is 12.1 Å². The summed E-state index contributed by atoms with van der Waals surface area (Å²) in [5.41, 5.74) is 4.69. The van der Waals surface area contributed by atoms with Crippen LogP contribution >= 0.6 is 0 Å². The normalized spacial score (nSPS) is 10.5. The van der Waals surface area contributed by atoms with Crippen LogP contribution in [0.5, 0.6) is 5.75 Å². The summed E-state index contributed by atoms with van der Waals surface area (Å²) >= 11 is 0. The van der Waals surface area contributed by atoms with Crippen molar-refractivity contribution in [1.29, 1.82) is 0 Å². The minimum Gasteiger partial charge on any atom is -0.545 e. The maximum atomic E-state index is 11.9. The van der Waals surface area contributed by atoms with E-state index in [-0.39, 0.29) is 11.3 Å². The van der Waals surface area contributed by atoms with Gasteiger partial charge in [-0.2, -0.15) is 5.10 Å². The molecule has 140 valence electrons. The molecule has 2 aromatic rings. The lowest BCUT2D eigenvalue weighted by Crippen LogP contribution is -2.32. The van der Waals surface area contributed by atoms with Crippen LogP contribution in [0.15, 0.2) is 41.5 Å². The van der Waals surface area contributed by atoms with E-state index in [1.807, 2.05) is 19.9 Å². The molecule has 0 aliphatic carbocycles. The van der Waals surface area contributed by atoms with Gasteiger partial charge >= 0.3 is 11.8 Å². The molecule has 0 saturated heterocycles. The third-order valence-corrected chi connectivity index (χ3v) is 3.88. The van der Waals surface area contributed by atoms with Gasteiger partial charge in [0.25, 0.3) is 0 Å². The Balaban J connectivity index is 2.02. The molecule has 8 nitrogen and oxygen atoms in total. The molecular formula is C19H18N3O5-. The summed E-state index contributed by atoms with van der Waals surface area (Å²) in [6.07, 6.45) is 1.20. The summed E-state index contributed by atoms with van der Waals surface area (Å²) in [7, 11) is 1.34. The van der Waals surface area contributed by atoms with Gasteiger partial charge in [0.1, 0.15) is 5.75 Å².